The molecule has 11 heteroatoms. The lowest BCUT2D eigenvalue weighted by atomic mass is 10.1. The van der Waals surface area contributed by atoms with Crippen molar-refractivity contribution < 1.29 is 13.2 Å². The van der Waals surface area contributed by atoms with Gasteiger partial charge in [0.1, 0.15) is 11.4 Å². The average Bonchev–Trinajstić information content (AvgIpc) is 2.77. The largest absolute Gasteiger partial charge is 0.421 e. The van der Waals surface area contributed by atoms with Gasteiger partial charge in [-0.1, -0.05) is 24.1 Å². The predicted octanol–water partition coefficient (Wildman–Crippen LogP) is 3.64. The van der Waals surface area contributed by atoms with Crippen LogP contribution in [0.4, 0.5) is 24.9 Å². The Morgan fingerprint density at radius 3 is 2.64 bits per heavy atom. The molecule has 2 fully saturated rings. The minimum absolute atomic E-state index is 0.0933. The Bertz CT molecular complexity index is 784. The number of alkyl halides is 3. The van der Waals surface area contributed by atoms with E-state index in [9.17, 15) is 13.2 Å². The van der Waals surface area contributed by atoms with Crippen LogP contribution in [0.2, 0.25) is 0 Å². The summed E-state index contributed by atoms with van der Waals surface area (Å²) >= 11 is 1.61. The molecule has 3 rings (SSSR count). The summed E-state index contributed by atoms with van der Waals surface area (Å²) in [5.74, 6) is 0.0295. The number of rotatable bonds is 9. The minimum atomic E-state index is -4.52. The normalized spacial score (nSPS) is 22.2. The Kier molecular flexibility index (Phi) is 9.25. The highest BCUT2D eigenvalue weighted by atomic mass is 32.2. The van der Waals surface area contributed by atoms with Crippen LogP contribution in [0.15, 0.2) is 18.3 Å². The number of aromatic nitrogens is 2. The van der Waals surface area contributed by atoms with Crippen LogP contribution in [-0.4, -0.2) is 95.3 Å². The highest BCUT2D eigenvalue weighted by Crippen LogP contribution is 2.35. The fraction of sp³-hybridized carbons (Fsp3) is 0.727. The highest BCUT2D eigenvalue weighted by molar-refractivity contribution is 7.96. The van der Waals surface area contributed by atoms with E-state index in [4.69, 9.17) is 0 Å². The summed E-state index contributed by atoms with van der Waals surface area (Å²) in [7, 11) is 2.12. The topological polar surface area (TPSA) is 59.6 Å². The molecule has 2 N–H and O–H groups in total. The van der Waals surface area contributed by atoms with Gasteiger partial charge in [-0.3, -0.25) is 0 Å². The van der Waals surface area contributed by atoms with Crippen molar-refractivity contribution in [3.8, 4) is 0 Å². The van der Waals surface area contributed by atoms with Crippen molar-refractivity contribution in [3.63, 3.8) is 0 Å². The molecule has 0 saturated carbocycles. The molecule has 0 aliphatic carbocycles. The van der Waals surface area contributed by atoms with Gasteiger partial charge < -0.3 is 20.4 Å². The van der Waals surface area contributed by atoms with E-state index in [-0.39, 0.29) is 23.8 Å². The van der Waals surface area contributed by atoms with Gasteiger partial charge in [0, 0.05) is 58.1 Å². The van der Waals surface area contributed by atoms with Crippen molar-refractivity contribution in [2.45, 2.75) is 44.4 Å². The van der Waals surface area contributed by atoms with Crippen LogP contribution >= 0.6 is 11.9 Å². The van der Waals surface area contributed by atoms with Crippen molar-refractivity contribution in [2.75, 3.05) is 69.8 Å². The lowest BCUT2D eigenvalue weighted by Crippen LogP contribution is -2.45. The number of anilines is 2. The Balaban J connectivity index is 1.70. The second-order valence-electron chi connectivity index (χ2n) is 8.98. The zero-order chi connectivity index (χ0) is 24.0. The number of piperidine rings is 1. The molecule has 1 aromatic heterocycles. The molecule has 2 unspecified atom stereocenters. The number of halogens is 3. The van der Waals surface area contributed by atoms with Crippen LogP contribution in [0.5, 0.6) is 0 Å². The summed E-state index contributed by atoms with van der Waals surface area (Å²) in [5.41, 5.74) is 0.0728. The van der Waals surface area contributed by atoms with Crippen LogP contribution in [0.1, 0.15) is 31.7 Å². The van der Waals surface area contributed by atoms with Crippen molar-refractivity contribution in [1.29, 1.82) is 0 Å². The van der Waals surface area contributed by atoms with Gasteiger partial charge >= 0.3 is 6.18 Å². The highest BCUT2D eigenvalue weighted by Gasteiger charge is 2.36. The SMILES string of the molecule is C=C(C)C(CCN1CCN(C)CC1)Nc1ncc(C(F)(F)F)c(NC2CCCN(SC)C2)n1. The van der Waals surface area contributed by atoms with E-state index in [0.717, 1.165) is 70.3 Å². The van der Waals surface area contributed by atoms with Crippen molar-refractivity contribution >= 4 is 23.7 Å². The van der Waals surface area contributed by atoms with Gasteiger partial charge in [-0.25, -0.2) is 9.29 Å². The molecule has 7 nitrogen and oxygen atoms in total. The van der Waals surface area contributed by atoms with E-state index < -0.39 is 11.7 Å². The van der Waals surface area contributed by atoms with Gasteiger partial charge in [-0.15, -0.1) is 0 Å². The summed E-state index contributed by atoms with van der Waals surface area (Å²) in [5, 5.41) is 6.27. The molecule has 0 bridgehead atoms. The first-order valence-corrected chi connectivity index (χ1v) is 12.7. The Morgan fingerprint density at radius 1 is 1.27 bits per heavy atom. The first kappa shape index (κ1) is 26.1. The quantitative estimate of drug-likeness (QED) is 0.405. The maximum absolute atomic E-state index is 13.6. The van der Waals surface area contributed by atoms with Crippen LogP contribution in [0.3, 0.4) is 0 Å². The summed E-state index contributed by atoms with van der Waals surface area (Å²) in [6, 6.07) is -0.208. The number of nitrogens with zero attached hydrogens (tertiary/aromatic N) is 5. The Hall–Kier alpha value is -1.56. The zero-order valence-corrected chi connectivity index (χ0v) is 20.6. The van der Waals surface area contributed by atoms with Crippen molar-refractivity contribution in [3.05, 3.63) is 23.9 Å². The second kappa shape index (κ2) is 11.7. The van der Waals surface area contributed by atoms with E-state index in [1.807, 2.05) is 13.2 Å². The molecule has 33 heavy (non-hydrogen) atoms. The molecule has 3 heterocycles. The maximum atomic E-state index is 13.6. The molecule has 2 aliphatic heterocycles. The molecule has 2 atom stereocenters. The second-order valence-corrected chi connectivity index (χ2v) is 9.87. The van der Waals surface area contributed by atoms with E-state index >= 15 is 0 Å². The third-order valence-corrected chi connectivity index (χ3v) is 7.15. The minimum Gasteiger partial charge on any atom is -0.365 e. The molecule has 0 radical (unpaired) electrons. The fourth-order valence-corrected chi connectivity index (χ4v) is 4.81. The average molecular weight is 488 g/mol. The Labute approximate surface area is 199 Å². The molecular formula is C22H36F3N7S. The van der Waals surface area contributed by atoms with Gasteiger partial charge in [0.2, 0.25) is 5.95 Å². The number of hydrogen-bond acceptors (Lipinski definition) is 8. The molecule has 2 aliphatic rings. The van der Waals surface area contributed by atoms with Crippen molar-refractivity contribution in [2.24, 2.45) is 0 Å². The van der Waals surface area contributed by atoms with Gasteiger partial charge in [0.05, 0.1) is 6.04 Å². The van der Waals surface area contributed by atoms with Crippen LogP contribution in [-0.2, 0) is 6.18 Å². The van der Waals surface area contributed by atoms with Gasteiger partial charge in [0.15, 0.2) is 0 Å². The number of nitrogens with one attached hydrogen (secondary N) is 2. The van der Waals surface area contributed by atoms with Gasteiger partial charge in [0.25, 0.3) is 0 Å². The van der Waals surface area contributed by atoms with E-state index in [2.05, 4.69) is 48.3 Å². The van der Waals surface area contributed by atoms with Crippen molar-refractivity contribution in [1.82, 2.24) is 24.1 Å². The van der Waals surface area contributed by atoms with Crippen LogP contribution in [0, 0.1) is 0 Å². The molecule has 1 aromatic rings. The monoisotopic (exact) mass is 487 g/mol. The van der Waals surface area contributed by atoms with E-state index in [1.165, 1.54) is 0 Å². The van der Waals surface area contributed by atoms with Gasteiger partial charge in [-0.2, -0.15) is 18.2 Å². The maximum Gasteiger partial charge on any atom is 0.421 e. The summed E-state index contributed by atoms with van der Waals surface area (Å²) in [6.45, 7) is 12.6. The molecule has 0 amide bonds. The number of piperazine rings is 1. The first-order valence-electron chi connectivity index (χ1n) is 11.5. The van der Waals surface area contributed by atoms with E-state index in [1.54, 1.807) is 11.9 Å². The molecule has 2 saturated heterocycles. The lowest BCUT2D eigenvalue weighted by molar-refractivity contribution is -0.137. The van der Waals surface area contributed by atoms with Crippen LogP contribution in [0.25, 0.3) is 0 Å². The standard InChI is InChI=1S/C22H36F3N7S/c1-16(2)19(7-9-31-12-10-30(3)11-13-31)28-21-26-14-18(22(23,24)25)20(29-21)27-17-6-5-8-32(15-17)33-4/h14,17,19H,1,5-13,15H2,2-4H3,(H2,26,27,28,29). The number of hydrogen-bond donors (Lipinski definition) is 2. The Morgan fingerprint density at radius 2 is 2.00 bits per heavy atom. The third-order valence-electron chi connectivity index (χ3n) is 6.31. The molecule has 186 valence electrons. The number of likely N-dealkylation sites (N-methyl/N-ethyl adjacent to an activating group) is 1. The third kappa shape index (κ3) is 7.73. The van der Waals surface area contributed by atoms with Crippen LogP contribution < -0.4 is 10.6 Å². The summed E-state index contributed by atoms with van der Waals surface area (Å²) in [4.78, 5) is 13.0. The predicted molar refractivity (Wildman–Crippen MR) is 130 cm³/mol. The summed E-state index contributed by atoms with van der Waals surface area (Å²) < 4.78 is 43.1. The molecule has 0 aromatic carbocycles. The zero-order valence-electron chi connectivity index (χ0n) is 19.8. The smallest absolute Gasteiger partial charge is 0.365 e. The first-order chi connectivity index (χ1) is 15.7. The summed E-state index contributed by atoms with van der Waals surface area (Å²) in [6.07, 6.45) is 0.862. The fourth-order valence-electron chi connectivity index (χ4n) is 4.17. The van der Waals surface area contributed by atoms with Gasteiger partial charge in [-0.05, 0) is 39.5 Å². The molecular weight excluding hydrogens is 451 g/mol. The lowest BCUT2D eigenvalue weighted by Gasteiger charge is -2.33. The molecule has 0 spiro atoms. The van der Waals surface area contributed by atoms with E-state index in [0.29, 0.717) is 6.54 Å².